The third kappa shape index (κ3) is 3.89. The van der Waals surface area contributed by atoms with Crippen LogP contribution in [0.5, 0.6) is 0 Å². The predicted molar refractivity (Wildman–Crippen MR) is 67.3 cm³/mol. The van der Waals surface area contributed by atoms with Crippen molar-refractivity contribution >= 4 is 17.7 Å². The Bertz CT molecular complexity index is 513. The normalized spacial score (nSPS) is 10.4. The molecule has 1 aromatic heterocycles. The number of hydrogen-bond acceptors (Lipinski definition) is 5. The van der Waals surface area contributed by atoms with Gasteiger partial charge in [-0.2, -0.15) is 4.98 Å². The number of aliphatic carboxylic acids is 1. The second-order valence-corrected chi connectivity index (χ2v) is 4.64. The first kappa shape index (κ1) is 12.6. The van der Waals surface area contributed by atoms with Gasteiger partial charge in [-0.1, -0.05) is 35.5 Å². The van der Waals surface area contributed by atoms with Gasteiger partial charge >= 0.3 is 5.97 Å². The van der Waals surface area contributed by atoms with Gasteiger partial charge in [0, 0.05) is 6.42 Å². The van der Waals surface area contributed by atoms with Crippen LogP contribution in [0.1, 0.15) is 17.3 Å². The monoisotopic (exact) mass is 264 g/mol. The molecule has 6 heteroatoms. The first-order valence-electron chi connectivity index (χ1n) is 5.39. The van der Waals surface area contributed by atoms with Crippen LogP contribution in [0.3, 0.4) is 0 Å². The molecule has 1 heterocycles. The number of aromatic nitrogens is 2. The van der Waals surface area contributed by atoms with E-state index in [4.69, 9.17) is 9.63 Å². The average Bonchev–Trinajstić information content (AvgIpc) is 2.78. The van der Waals surface area contributed by atoms with Crippen LogP contribution in [0.4, 0.5) is 0 Å². The number of carbonyl (C=O) groups is 1. The van der Waals surface area contributed by atoms with Gasteiger partial charge < -0.3 is 9.63 Å². The van der Waals surface area contributed by atoms with E-state index in [1.54, 1.807) is 0 Å². The van der Waals surface area contributed by atoms with Crippen LogP contribution in [0.15, 0.2) is 34.9 Å². The number of carboxylic acid groups (broad SMARTS) is 1. The summed E-state index contributed by atoms with van der Waals surface area (Å²) >= 11 is 1.24. The van der Waals surface area contributed by atoms with Crippen LogP contribution in [0, 0.1) is 0 Å². The highest BCUT2D eigenvalue weighted by atomic mass is 32.2. The molecule has 0 atom stereocenters. The molecular formula is C12H12N2O3S. The van der Waals surface area contributed by atoms with Crippen molar-refractivity contribution in [2.24, 2.45) is 0 Å². The summed E-state index contributed by atoms with van der Waals surface area (Å²) < 4.78 is 5.04. The lowest BCUT2D eigenvalue weighted by Crippen LogP contribution is -1.98. The van der Waals surface area contributed by atoms with Gasteiger partial charge in [0.15, 0.2) is 5.82 Å². The summed E-state index contributed by atoms with van der Waals surface area (Å²) in [6.07, 6.45) is 0.619. The number of benzene rings is 1. The molecule has 0 bridgehead atoms. The molecule has 18 heavy (non-hydrogen) atoms. The van der Waals surface area contributed by atoms with Gasteiger partial charge in [0.05, 0.1) is 11.5 Å². The number of thioether (sulfide) groups is 1. The summed E-state index contributed by atoms with van der Waals surface area (Å²) in [7, 11) is 0. The standard InChI is InChI=1S/C12H12N2O3S/c15-12(16)8-18-7-11-13-10(14-17-11)6-9-4-2-1-3-5-9/h1-5H,6-8H2,(H,15,16). The summed E-state index contributed by atoms with van der Waals surface area (Å²) in [4.78, 5) is 14.6. The molecule has 0 saturated heterocycles. The Hall–Kier alpha value is -1.82. The van der Waals surface area contributed by atoms with Gasteiger partial charge in [0.1, 0.15) is 0 Å². The van der Waals surface area contributed by atoms with E-state index in [0.29, 0.717) is 23.9 Å². The van der Waals surface area contributed by atoms with Crippen molar-refractivity contribution in [3.8, 4) is 0 Å². The molecule has 0 spiro atoms. The second kappa shape index (κ2) is 6.20. The highest BCUT2D eigenvalue weighted by molar-refractivity contribution is 7.99. The Morgan fingerprint density at radius 1 is 1.33 bits per heavy atom. The fraction of sp³-hybridized carbons (Fsp3) is 0.250. The average molecular weight is 264 g/mol. The number of nitrogens with zero attached hydrogens (tertiary/aromatic N) is 2. The Kier molecular flexibility index (Phi) is 4.35. The van der Waals surface area contributed by atoms with E-state index >= 15 is 0 Å². The summed E-state index contributed by atoms with van der Waals surface area (Å²) in [6, 6.07) is 9.86. The van der Waals surface area contributed by atoms with Crippen molar-refractivity contribution in [2.45, 2.75) is 12.2 Å². The fourth-order valence-electron chi connectivity index (χ4n) is 1.42. The zero-order valence-corrected chi connectivity index (χ0v) is 10.4. The molecule has 0 aliphatic carbocycles. The maximum absolute atomic E-state index is 10.3. The molecule has 1 aromatic carbocycles. The molecule has 0 amide bonds. The zero-order valence-electron chi connectivity index (χ0n) is 9.57. The third-order valence-corrected chi connectivity index (χ3v) is 3.07. The third-order valence-electron chi connectivity index (χ3n) is 2.17. The van der Waals surface area contributed by atoms with Crippen molar-refractivity contribution in [1.29, 1.82) is 0 Å². The Balaban J connectivity index is 1.88. The summed E-state index contributed by atoms with van der Waals surface area (Å²) in [5, 5.41) is 12.4. The Morgan fingerprint density at radius 3 is 2.83 bits per heavy atom. The smallest absolute Gasteiger partial charge is 0.313 e. The minimum absolute atomic E-state index is 0.0381. The first-order chi connectivity index (χ1) is 8.74. The lowest BCUT2D eigenvalue weighted by atomic mass is 10.1. The molecule has 0 saturated carbocycles. The number of hydrogen-bond donors (Lipinski definition) is 1. The fourth-order valence-corrected chi connectivity index (χ4v) is 1.99. The van der Waals surface area contributed by atoms with Crippen molar-refractivity contribution in [2.75, 3.05) is 5.75 Å². The molecule has 1 N–H and O–H groups in total. The minimum atomic E-state index is -0.843. The maximum atomic E-state index is 10.3. The zero-order chi connectivity index (χ0) is 12.8. The van der Waals surface area contributed by atoms with E-state index in [0.717, 1.165) is 5.56 Å². The van der Waals surface area contributed by atoms with Gasteiger partial charge in [-0.05, 0) is 5.56 Å². The SMILES string of the molecule is O=C(O)CSCc1nc(Cc2ccccc2)no1. The van der Waals surface area contributed by atoms with Crippen molar-refractivity contribution in [1.82, 2.24) is 10.1 Å². The molecule has 0 aliphatic heterocycles. The van der Waals surface area contributed by atoms with E-state index in [1.165, 1.54) is 11.8 Å². The highest BCUT2D eigenvalue weighted by Crippen LogP contribution is 2.12. The first-order valence-corrected chi connectivity index (χ1v) is 6.54. The molecule has 5 nitrogen and oxygen atoms in total. The van der Waals surface area contributed by atoms with Crippen LogP contribution in [-0.4, -0.2) is 27.0 Å². The lowest BCUT2D eigenvalue weighted by Gasteiger charge is -1.94. The lowest BCUT2D eigenvalue weighted by molar-refractivity contribution is -0.133. The van der Waals surface area contributed by atoms with Crippen LogP contribution in [0.2, 0.25) is 0 Å². The summed E-state index contributed by atoms with van der Waals surface area (Å²) in [5.41, 5.74) is 1.11. The number of rotatable bonds is 6. The highest BCUT2D eigenvalue weighted by Gasteiger charge is 2.08. The van der Waals surface area contributed by atoms with Gasteiger partial charge in [-0.25, -0.2) is 0 Å². The molecule has 0 fully saturated rings. The van der Waals surface area contributed by atoms with E-state index < -0.39 is 5.97 Å². The van der Waals surface area contributed by atoms with E-state index in [1.807, 2.05) is 30.3 Å². The van der Waals surface area contributed by atoms with Crippen LogP contribution < -0.4 is 0 Å². The quantitative estimate of drug-likeness (QED) is 0.859. The molecule has 94 valence electrons. The van der Waals surface area contributed by atoms with Crippen molar-refractivity contribution < 1.29 is 14.4 Å². The molecule has 0 unspecified atom stereocenters. The van der Waals surface area contributed by atoms with Crippen LogP contribution in [-0.2, 0) is 17.0 Å². The molecular weight excluding hydrogens is 252 g/mol. The molecule has 2 aromatic rings. The number of carboxylic acids is 1. The molecule has 2 rings (SSSR count). The van der Waals surface area contributed by atoms with Gasteiger partial charge in [0.2, 0.25) is 5.89 Å². The molecule has 0 radical (unpaired) electrons. The maximum Gasteiger partial charge on any atom is 0.313 e. The minimum Gasteiger partial charge on any atom is -0.481 e. The Labute approximate surface area is 108 Å². The summed E-state index contributed by atoms with van der Waals surface area (Å²) in [5.74, 6) is 0.702. The van der Waals surface area contributed by atoms with Crippen molar-refractivity contribution in [3.63, 3.8) is 0 Å². The van der Waals surface area contributed by atoms with E-state index in [-0.39, 0.29) is 5.75 Å². The van der Waals surface area contributed by atoms with E-state index in [9.17, 15) is 4.79 Å². The molecule has 0 aliphatic rings. The van der Waals surface area contributed by atoms with Crippen molar-refractivity contribution in [3.05, 3.63) is 47.6 Å². The van der Waals surface area contributed by atoms with Gasteiger partial charge in [-0.3, -0.25) is 4.79 Å². The second-order valence-electron chi connectivity index (χ2n) is 3.65. The van der Waals surface area contributed by atoms with Crippen LogP contribution >= 0.6 is 11.8 Å². The predicted octanol–water partition coefficient (Wildman–Crippen LogP) is 1.98. The van der Waals surface area contributed by atoms with E-state index in [2.05, 4.69) is 10.1 Å². The van der Waals surface area contributed by atoms with Crippen LogP contribution in [0.25, 0.3) is 0 Å². The largest absolute Gasteiger partial charge is 0.481 e. The van der Waals surface area contributed by atoms with Gasteiger partial charge in [-0.15, -0.1) is 11.8 Å². The van der Waals surface area contributed by atoms with Gasteiger partial charge in [0.25, 0.3) is 0 Å². The topological polar surface area (TPSA) is 76.2 Å². The Morgan fingerprint density at radius 2 is 2.11 bits per heavy atom. The summed E-state index contributed by atoms with van der Waals surface area (Å²) in [6.45, 7) is 0.